The van der Waals surface area contributed by atoms with E-state index in [2.05, 4.69) is 39.7 Å². The van der Waals surface area contributed by atoms with E-state index in [1.807, 2.05) is 6.07 Å². The highest BCUT2D eigenvalue weighted by molar-refractivity contribution is 9.10. The first kappa shape index (κ1) is 10.7. The molecule has 1 aromatic heterocycles. The Bertz CT molecular complexity index is 367. The van der Waals surface area contributed by atoms with Crippen molar-refractivity contribution in [2.24, 2.45) is 5.92 Å². The lowest BCUT2D eigenvalue weighted by Gasteiger charge is -2.23. The summed E-state index contributed by atoms with van der Waals surface area (Å²) in [6.07, 6.45) is 2.95. The van der Waals surface area contributed by atoms with Crippen LogP contribution in [0.25, 0.3) is 0 Å². The topological polar surface area (TPSA) is 42.2 Å². The molecule has 1 aliphatic rings. The zero-order valence-electron chi connectivity index (χ0n) is 9.07. The smallest absolute Gasteiger partial charge is 0.143 e. The Morgan fingerprint density at radius 3 is 2.80 bits per heavy atom. The van der Waals surface area contributed by atoms with Crippen LogP contribution in [-0.4, -0.2) is 17.6 Å². The maximum absolute atomic E-state index is 5.68. The monoisotopic (exact) mass is 269 g/mol. The predicted molar refractivity (Wildman–Crippen MR) is 66.9 cm³/mol. The van der Waals surface area contributed by atoms with E-state index in [4.69, 9.17) is 5.73 Å². The highest BCUT2D eigenvalue weighted by Gasteiger charge is 2.28. The number of pyridine rings is 1. The summed E-state index contributed by atoms with van der Waals surface area (Å²) in [5.41, 5.74) is 6.38. The highest BCUT2D eigenvalue weighted by atomic mass is 79.9. The first-order valence-electron chi connectivity index (χ1n) is 5.25. The first-order valence-corrected chi connectivity index (χ1v) is 6.05. The van der Waals surface area contributed by atoms with Gasteiger partial charge in [-0.25, -0.2) is 4.98 Å². The van der Waals surface area contributed by atoms with E-state index in [0.717, 1.165) is 22.8 Å². The van der Waals surface area contributed by atoms with Crippen LogP contribution in [0.4, 0.5) is 11.5 Å². The summed E-state index contributed by atoms with van der Waals surface area (Å²) in [6, 6.07) is 2.48. The van der Waals surface area contributed by atoms with Gasteiger partial charge in [0.1, 0.15) is 5.82 Å². The van der Waals surface area contributed by atoms with Crippen molar-refractivity contribution in [3.8, 4) is 0 Å². The third-order valence-corrected chi connectivity index (χ3v) is 3.48. The quantitative estimate of drug-likeness (QED) is 0.853. The molecule has 2 N–H and O–H groups in total. The summed E-state index contributed by atoms with van der Waals surface area (Å²) in [5.74, 6) is 1.76. The Hall–Kier alpha value is -0.770. The van der Waals surface area contributed by atoms with Crippen LogP contribution >= 0.6 is 15.9 Å². The van der Waals surface area contributed by atoms with Gasteiger partial charge in [-0.2, -0.15) is 0 Å². The molecule has 0 saturated carbocycles. The lowest BCUT2D eigenvalue weighted by molar-refractivity contribution is 0.625. The van der Waals surface area contributed by atoms with E-state index < -0.39 is 0 Å². The number of nitrogens with zero attached hydrogens (tertiary/aromatic N) is 2. The molecule has 0 aliphatic carbocycles. The van der Waals surface area contributed by atoms with Crippen molar-refractivity contribution in [1.29, 1.82) is 0 Å². The van der Waals surface area contributed by atoms with Crippen LogP contribution in [-0.2, 0) is 0 Å². The molecule has 0 spiro atoms. The Morgan fingerprint density at radius 2 is 2.27 bits per heavy atom. The van der Waals surface area contributed by atoms with E-state index in [1.54, 1.807) is 6.20 Å². The maximum atomic E-state index is 5.68. The largest absolute Gasteiger partial charge is 0.397 e. The minimum Gasteiger partial charge on any atom is -0.397 e. The number of rotatable bonds is 1. The summed E-state index contributed by atoms with van der Waals surface area (Å²) in [7, 11) is 0. The molecular formula is C11H16BrN3. The summed E-state index contributed by atoms with van der Waals surface area (Å²) >= 11 is 3.52. The summed E-state index contributed by atoms with van der Waals surface area (Å²) in [4.78, 5) is 6.74. The maximum Gasteiger partial charge on any atom is 0.143 e. The van der Waals surface area contributed by atoms with E-state index >= 15 is 0 Å². The molecule has 3 nitrogen and oxygen atoms in total. The van der Waals surface area contributed by atoms with Crippen molar-refractivity contribution in [1.82, 2.24) is 4.98 Å². The van der Waals surface area contributed by atoms with Crippen molar-refractivity contribution >= 4 is 27.4 Å². The van der Waals surface area contributed by atoms with Crippen molar-refractivity contribution in [3.63, 3.8) is 0 Å². The van der Waals surface area contributed by atoms with Gasteiger partial charge in [0, 0.05) is 12.6 Å². The van der Waals surface area contributed by atoms with Crippen LogP contribution in [0.15, 0.2) is 16.7 Å². The number of halogens is 1. The Kier molecular flexibility index (Phi) is 2.87. The lowest BCUT2D eigenvalue weighted by atomic mass is 10.1. The SMILES string of the molecule is CC1CC(C)N(c2ncc(N)cc2Br)C1. The van der Waals surface area contributed by atoms with Crippen LogP contribution < -0.4 is 10.6 Å². The second-order valence-corrected chi connectivity index (χ2v) is 5.27. The molecule has 15 heavy (non-hydrogen) atoms. The minimum atomic E-state index is 0.562. The number of aromatic nitrogens is 1. The summed E-state index contributed by atoms with van der Waals surface area (Å²) in [5, 5.41) is 0. The number of hydrogen-bond acceptors (Lipinski definition) is 3. The molecule has 0 amide bonds. The molecule has 2 atom stereocenters. The van der Waals surface area contributed by atoms with Crippen LogP contribution in [0.1, 0.15) is 20.3 Å². The van der Waals surface area contributed by atoms with Gasteiger partial charge in [-0.05, 0) is 41.3 Å². The van der Waals surface area contributed by atoms with Crippen LogP contribution in [0, 0.1) is 5.92 Å². The van der Waals surface area contributed by atoms with Gasteiger partial charge in [0.2, 0.25) is 0 Å². The van der Waals surface area contributed by atoms with E-state index in [9.17, 15) is 0 Å². The zero-order chi connectivity index (χ0) is 11.0. The average molecular weight is 270 g/mol. The molecule has 0 aromatic carbocycles. The lowest BCUT2D eigenvalue weighted by Crippen LogP contribution is -2.27. The average Bonchev–Trinajstić information content (AvgIpc) is 2.45. The number of anilines is 2. The minimum absolute atomic E-state index is 0.562. The second kappa shape index (κ2) is 4.00. The predicted octanol–water partition coefficient (Wildman–Crippen LogP) is 2.66. The Balaban J connectivity index is 2.29. The second-order valence-electron chi connectivity index (χ2n) is 4.42. The fourth-order valence-corrected chi connectivity index (χ4v) is 2.85. The van der Waals surface area contributed by atoms with Crippen molar-refractivity contribution in [2.75, 3.05) is 17.2 Å². The molecule has 1 saturated heterocycles. The summed E-state index contributed by atoms with van der Waals surface area (Å²) < 4.78 is 0.989. The molecule has 2 heterocycles. The van der Waals surface area contributed by atoms with Gasteiger partial charge < -0.3 is 10.6 Å². The number of nitrogens with two attached hydrogens (primary N) is 1. The highest BCUT2D eigenvalue weighted by Crippen LogP contribution is 2.32. The number of nitrogen functional groups attached to an aromatic ring is 1. The summed E-state index contributed by atoms with van der Waals surface area (Å²) in [6.45, 7) is 5.60. The van der Waals surface area contributed by atoms with E-state index in [0.29, 0.717) is 11.7 Å². The van der Waals surface area contributed by atoms with Crippen molar-refractivity contribution < 1.29 is 0 Å². The third-order valence-electron chi connectivity index (χ3n) is 2.90. The molecule has 1 fully saturated rings. The molecule has 0 bridgehead atoms. The molecule has 4 heteroatoms. The van der Waals surface area contributed by atoms with Crippen molar-refractivity contribution in [3.05, 3.63) is 16.7 Å². The van der Waals surface area contributed by atoms with Crippen LogP contribution in [0.5, 0.6) is 0 Å². The van der Waals surface area contributed by atoms with Gasteiger partial charge in [-0.15, -0.1) is 0 Å². The zero-order valence-corrected chi connectivity index (χ0v) is 10.7. The Labute approximate surface area is 98.8 Å². The first-order chi connectivity index (χ1) is 7.08. The van der Waals surface area contributed by atoms with Gasteiger partial charge in [0.25, 0.3) is 0 Å². The number of hydrogen-bond donors (Lipinski definition) is 1. The van der Waals surface area contributed by atoms with Gasteiger partial charge in [-0.1, -0.05) is 6.92 Å². The van der Waals surface area contributed by atoms with Gasteiger partial charge >= 0.3 is 0 Å². The normalized spacial score (nSPS) is 25.9. The molecular weight excluding hydrogens is 254 g/mol. The van der Waals surface area contributed by atoms with Gasteiger partial charge in [0.05, 0.1) is 16.4 Å². The van der Waals surface area contributed by atoms with E-state index in [-0.39, 0.29) is 0 Å². The van der Waals surface area contributed by atoms with E-state index in [1.165, 1.54) is 6.42 Å². The standard InChI is InChI=1S/C11H16BrN3/c1-7-3-8(2)15(6-7)11-10(12)4-9(13)5-14-11/h4-5,7-8H,3,6,13H2,1-2H3. The molecule has 1 aliphatic heterocycles. The van der Waals surface area contributed by atoms with Crippen LogP contribution in [0.2, 0.25) is 0 Å². The fraction of sp³-hybridized carbons (Fsp3) is 0.545. The third kappa shape index (κ3) is 2.09. The molecule has 2 unspecified atom stereocenters. The molecule has 1 aromatic rings. The fourth-order valence-electron chi connectivity index (χ4n) is 2.25. The van der Waals surface area contributed by atoms with Crippen LogP contribution in [0.3, 0.4) is 0 Å². The van der Waals surface area contributed by atoms with Crippen molar-refractivity contribution in [2.45, 2.75) is 26.3 Å². The molecule has 0 radical (unpaired) electrons. The van der Waals surface area contributed by atoms with Gasteiger partial charge in [0.15, 0.2) is 0 Å². The van der Waals surface area contributed by atoms with Gasteiger partial charge in [-0.3, -0.25) is 0 Å². The molecule has 82 valence electrons. The Morgan fingerprint density at radius 1 is 1.53 bits per heavy atom. The molecule has 2 rings (SSSR count).